The zero-order valence-corrected chi connectivity index (χ0v) is 12.0. The van der Waals surface area contributed by atoms with Gasteiger partial charge in [-0.05, 0) is 23.8 Å². The molecule has 1 fully saturated rings. The van der Waals surface area contributed by atoms with E-state index < -0.39 is 0 Å². The van der Waals surface area contributed by atoms with Crippen molar-refractivity contribution in [2.75, 3.05) is 0 Å². The number of carbonyl (C=O) groups is 2. The molecule has 1 saturated heterocycles. The van der Waals surface area contributed by atoms with Gasteiger partial charge in [0.2, 0.25) is 0 Å². The summed E-state index contributed by atoms with van der Waals surface area (Å²) < 4.78 is 0.458. The number of fused-ring (bicyclic) bond motifs is 1. The molecule has 0 aliphatic carbocycles. The highest BCUT2D eigenvalue weighted by molar-refractivity contribution is 8.26. The second-order valence-electron chi connectivity index (χ2n) is 4.31. The number of thioether (sulfide) groups is 1. The number of allylic oxidation sites excluding steroid dienone is 2. The molecule has 0 radical (unpaired) electrons. The third-order valence-corrected chi connectivity index (χ3v) is 4.19. The molecule has 2 aliphatic rings. The maximum Gasteiger partial charge on any atom is 0.263 e. The van der Waals surface area contributed by atoms with Crippen molar-refractivity contribution >= 4 is 40.1 Å². The quantitative estimate of drug-likeness (QED) is 0.672. The van der Waals surface area contributed by atoms with Gasteiger partial charge in [-0.1, -0.05) is 42.2 Å². The monoisotopic (exact) mass is 302 g/mol. The normalized spacial score (nSPS) is 20.1. The van der Waals surface area contributed by atoms with Crippen LogP contribution >= 0.6 is 24.0 Å². The van der Waals surface area contributed by atoms with Crippen LogP contribution in [0.3, 0.4) is 0 Å². The minimum Gasteiger partial charge on any atom is -0.311 e. The first kappa shape index (κ1) is 13.1. The molecule has 0 unspecified atom stereocenters. The molecular formula is C14H10N2O2S2. The van der Waals surface area contributed by atoms with Crippen molar-refractivity contribution in [1.29, 1.82) is 0 Å². The SMILES string of the molecule is O=C1NC(=S)S/C1=C/C=C/N1Cc2ccccc2C1=O. The predicted octanol–water partition coefficient (Wildman–Crippen LogP) is 2.19. The summed E-state index contributed by atoms with van der Waals surface area (Å²) in [5.41, 5.74) is 1.75. The Bertz CT molecular complexity index is 680. The Labute approximate surface area is 125 Å². The first-order valence-corrected chi connectivity index (χ1v) is 7.18. The lowest BCUT2D eigenvalue weighted by molar-refractivity contribution is -0.115. The van der Waals surface area contributed by atoms with Crippen molar-refractivity contribution in [3.05, 3.63) is 58.6 Å². The Hall–Kier alpha value is -1.92. The number of amides is 2. The highest BCUT2D eigenvalue weighted by Gasteiger charge is 2.25. The molecule has 0 bridgehead atoms. The van der Waals surface area contributed by atoms with Crippen LogP contribution in [0.15, 0.2) is 47.5 Å². The van der Waals surface area contributed by atoms with Gasteiger partial charge in [0, 0.05) is 11.8 Å². The number of thiocarbonyl (C=S) groups is 1. The molecule has 6 heteroatoms. The summed E-state index contributed by atoms with van der Waals surface area (Å²) in [7, 11) is 0. The highest BCUT2D eigenvalue weighted by atomic mass is 32.2. The molecule has 1 N–H and O–H groups in total. The molecule has 2 aliphatic heterocycles. The molecule has 1 aromatic rings. The van der Waals surface area contributed by atoms with E-state index in [1.807, 2.05) is 24.3 Å². The molecule has 0 aromatic heterocycles. The van der Waals surface area contributed by atoms with E-state index in [-0.39, 0.29) is 11.8 Å². The van der Waals surface area contributed by atoms with Crippen LogP contribution in [-0.4, -0.2) is 21.0 Å². The van der Waals surface area contributed by atoms with Gasteiger partial charge in [0.1, 0.15) is 4.32 Å². The van der Waals surface area contributed by atoms with E-state index in [9.17, 15) is 9.59 Å². The smallest absolute Gasteiger partial charge is 0.263 e. The van der Waals surface area contributed by atoms with Crippen LogP contribution in [0.25, 0.3) is 0 Å². The van der Waals surface area contributed by atoms with Gasteiger partial charge in [-0.15, -0.1) is 0 Å². The Morgan fingerprint density at radius 2 is 2.10 bits per heavy atom. The van der Waals surface area contributed by atoms with Gasteiger partial charge in [0.25, 0.3) is 11.8 Å². The molecular weight excluding hydrogens is 292 g/mol. The third-order valence-electron chi connectivity index (χ3n) is 3.00. The zero-order valence-electron chi connectivity index (χ0n) is 10.3. The lowest BCUT2D eigenvalue weighted by atomic mass is 10.1. The van der Waals surface area contributed by atoms with E-state index in [1.54, 1.807) is 23.3 Å². The van der Waals surface area contributed by atoms with Crippen LogP contribution in [0, 0.1) is 0 Å². The van der Waals surface area contributed by atoms with Crippen molar-refractivity contribution in [3.8, 4) is 0 Å². The summed E-state index contributed by atoms with van der Waals surface area (Å²) in [5.74, 6) is -0.213. The van der Waals surface area contributed by atoms with Gasteiger partial charge >= 0.3 is 0 Å². The molecule has 20 heavy (non-hydrogen) atoms. The summed E-state index contributed by atoms with van der Waals surface area (Å²) in [6.45, 7) is 0.562. The Morgan fingerprint density at radius 1 is 1.30 bits per heavy atom. The van der Waals surface area contributed by atoms with E-state index in [4.69, 9.17) is 12.2 Å². The van der Waals surface area contributed by atoms with Gasteiger partial charge in [0.05, 0.1) is 11.4 Å². The zero-order chi connectivity index (χ0) is 14.1. The largest absolute Gasteiger partial charge is 0.311 e. The van der Waals surface area contributed by atoms with Crippen LogP contribution < -0.4 is 5.32 Å². The van der Waals surface area contributed by atoms with Gasteiger partial charge in [0.15, 0.2) is 0 Å². The number of nitrogens with one attached hydrogen (secondary N) is 1. The fraction of sp³-hybridized carbons (Fsp3) is 0.0714. The minimum atomic E-state index is -0.194. The van der Waals surface area contributed by atoms with Crippen molar-refractivity contribution in [2.24, 2.45) is 0 Å². The summed E-state index contributed by atoms with van der Waals surface area (Å²) in [5, 5.41) is 2.54. The minimum absolute atomic E-state index is 0.0192. The van der Waals surface area contributed by atoms with E-state index in [0.29, 0.717) is 15.8 Å². The third kappa shape index (κ3) is 2.39. The lowest BCUT2D eigenvalue weighted by Crippen LogP contribution is -2.18. The lowest BCUT2D eigenvalue weighted by Gasteiger charge is -2.07. The first-order valence-electron chi connectivity index (χ1n) is 5.95. The van der Waals surface area contributed by atoms with Crippen LogP contribution in [0.4, 0.5) is 0 Å². The van der Waals surface area contributed by atoms with Crippen LogP contribution in [-0.2, 0) is 11.3 Å². The molecule has 1 aromatic carbocycles. The standard InChI is InChI=1S/C14H10N2O2S2/c17-12-11(20-14(19)15-12)6-3-7-16-8-9-4-1-2-5-10(9)13(16)18/h1-7H,8H2,(H,15,17,19)/b7-3+,11-6+. The van der Waals surface area contributed by atoms with Crippen molar-refractivity contribution in [2.45, 2.75) is 6.54 Å². The van der Waals surface area contributed by atoms with Crippen molar-refractivity contribution in [1.82, 2.24) is 10.2 Å². The van der Waals surface area contributed by atoms with Crippen LogP contribution in [0.5, 0.6) is 0 Å². The number of carbonyl (C=O) groups excluding carboxylic acids is 2. The molecule has 0 saturated carbocycles. The Morgan fingerprint density at radius 3 is 2.80 bits per heavy atom. The molecule has 0 spiro atoms. The van der Waals surface area contributed by atoms with E-state index in [0.717, 1.165) is 11.1 Å². The Balaban J connectivity index is 1.73. The molecule has 100 valence electrons. The van der Waals surface area contributed by atoms with Crippen LogP contribution in [0.2, 0.25) is 0 Å². The number of rotatable bonds is 2. The van der Waals surface area contributed by atoms with Gasteiger partial charge in [-0.25, -0.2) is 0 Å². The fourth-order valence-electron chi connectivity index (χ4n) is 2.07. The summed E-state index contributed by atoms with van der Waals surface area (Å²) in [6.07, 6.45) is 5.04. The molecule has 2 amide bonds. The van der Waals surface area contributed by atoms with E-state index >= 15 is 0 Å². The topological polar surface area (TPSA) is 49.4 Å². The summed E-state index contributed by atoms with van der Waals surface area (Å²) >= 11 is 6.12. The molecule has 3 rings (SSSR count). The number of nitrogens with zero attached hydrogens (tertiary/aromatic N) is 1. The van der Waals surface area contributed by atoms with Gasteiger partial charge in [-0.2, -0.15) is 0 Å². The average molecular weight is 302 g/mol. The number of hydrogen-bond acceptors (Lipinski definition) is 4. The second kappa shape index (κ2) is 5.22. The van der Waals surface area contributed by atoms with E-state index in [1.165, 1.54) is 11.8 Å². The fourth-order valence-corrected chi connectivity index (χ4v) is 3.06. The summed E-state index contributed by atoms with van der Waals surface area (Å²) in [4.78, 5) is 25.7. The maximum absolute atomic E-state index is 12.1. The second-order valence-corrected chi connectivity index (χ2v) is 6.03. The molecule has 2 heterocycles. The van der Waals surface area contributed by atoms with Crippen LogP contribution in [0.1, 0.15) is 15.9 Å². The molecule has 0 atom stereocenters. The van der Waals surface area contributed by atoms with E-state index in [2.05, 4.69) is 5.32 Å². The van der Waals surface area contributed by atoms with Gasteiger partial charge < -0.3 is 10.2 Å². The van der Waals surface area contributed by atoms with Crippen molar-refractivity contribution in [3.63, 3.8) is 0 Å². The average Bonchev–Trinajstić information content (AvgIpc) is 2.91. The van der Waals surface area contributed by atoms with Gasteiger partial charge in [-0.3, -0.25) is 9.59 Å². The molecule has 4 nitrogen and oxygen atoms in total. The Kier molecular flexibility index (Phi) is 3.42. The number of hydrogen-bond donors (Lipinski definition) is 1. The first-order chi connectivity index (χ1) is 9.65. The maximum atomic E-state index is 12.1. The number of benzene rings is 1. The highest BCUT2D eigenvalue weighted by Crippen LogP contribution is 2.24. The summed E-state index contributed by atoms with van der Waals surface area (Å²) in [6, 6.07) is 7.54. The predicted molar refractivity (Wildman–Crippen MR) is 81.9 cm³/mol. The van der Waals surface area contributed by atoms with Crippen molar-refractivity contribution < 1.29 is 9.59 Å².